The van der Waals surface area contributed by atoms with Crippen molar-refractivity contribution in [2.24, 2.45) is 0 Å². The molecule has 0 aliphatic heterocycles. The minimum absolute atomic E-state index is 0.247. The van der Waals surface area contributed by atoms with Crippen molar-refractivity contribution >= 4 is 5.69 Å². The number of rotatable bonds is 6. The Bertz CT molecular complexity index is 1040. The van der Waals surface area contributed by atoms with Crippen molar-refractivity contribution in [1.29, 1.82) is 0 Å². The normalized spacial score (nSPS) is 16.6. The van der Waals surface area contributed by atoms with Gasteiger partial charge in [0.25, 0.3) is 0 Å². The first-order valence-corrected chi connectivity index (χ1v) is 10.4. The number of aryl methyl sites for hydroxylation is 2. The molecule has 4 nitrogen and oxygen atoms in total. The predicted octanol–water partition coefficient (Wildman–Crippen LogP) is 5.91. The number of fused-ring (bicyclic) bond motifs is 1. The number of nitrogens with zero attached hydrogens (tertiary/aromatic N) is 1. The molecular formula is C25H27FN2O2. The molecule has 30 heavy (non-hydrogen) atoms. The second-order valence-electron chi connectivity index (χ2n) is 8.01. The Morgan fingerprint density at radius 2 is 2.10 bits per heavy atom. The number of hydrogen-bond donors (Lipinski definition) is 2. The highest BCUT2D eigenvalue weighted by molar-refractivity contribution is 5.51. The van der Waals surface area contributed by atoms with E-state index >= 15 is 0 Å². The fraction of sp³-hybridized carbons (Fsp3) is 0.320. The van der Waals surface area contributed by atoms with Crippen molar-refractivity contribution in [3.8, 4) is 11.5 Å². The van der Waals surface area contributed by atoms with E-state index in [2.05, 4.69) is 16.4 Å². The highest BCUT2D eigenvalue weighted by atomic mass is 19.1. The number of aliphatic hydroxyl groups excluding tert-OH is 1. The zero-order chi connectivity index (χ0) is 21.1. The zero-order valence-electron chi connectivity index (χ0n) is 17.4. The lowest BCUT2D eigenvalue weighted by molar-refractivity contribution is 0.200. The third-order valence-electron chi connectivity index (χ3n) is 5.71. The van der Waals surface area contributed by atoms with Crippen molar-refractivity contribution in [2.75, 3.05) is 11.9 Å². The minimum atomic E-state index is -0.545. The van der Waals surface area contributed by atoms with Gasteiger partial charge in [-0.1, -0.05) is 12.1 Å². The molecule has 2 unspecified atom stereocenters. The van der Waals surface area contributed by atoms with Gasteiger partial charge in [-0.05, 0) is 80.1 Å². The van der Waals surface area contributed by atoms with Crippen molar-refractivity contribution in [2.45, 2.75) is 45.1 Å². The number of hydrogen-bond acceptors (Lipinski definition) is 4. The molecule has 5 heteroatoms. The summed E-state index contributed by atoms with van der Waals surface area (Å²) in [6, 6.07) is 12.9. The van der Waals surface area contributed by atoms with Crippen LogP contribution in [0.15, 0.2) is 54.9 Å². The van der Waals surface area contributed by atoms with E-state index in [1.54, 1.807) is 25.4 Å². The first-order chi connectivity index (χ1) is 14.5. The summed E-state index contributed by atoms with van der Waals surface area (Å²) in [7, 11) is 0. The average Bonchev–Trinajstić information content (AvgIpc) is 2.74. The first-order valence-electron chi connectivity index (χ1n) is 10.4. The van der Waals surface area contributed by atoms with Gasteiger partial charge >= 0.3 is 0 Å². The summed E-state index contributed by atoms with van der Waals surface area (Å²) in [5.41, 5.74) is 5.14. The summed E-state index contributed by atoms with van der Waals surface area (Å²) in [5.74, 6) is 0.923. The number of benzene rings is 2. The number of nitrogens with one attached hydrogen (secondary N) is 1. The van der Waals surface area contributed by atoms with E-state index in [1.807, 2.05) is 31.2 Å². The van der Waals surface area contributed by atoms with Crippen LogP contribution in [0.1, 0.15) is 54.0 Å². The Labute approximate surface area is 176 Å². The molecule has 0 saturated carbocycles. The van der Waals surface area contributed by atoms with Gasteiger partial charge in [-0.15, -0.1) is 0 Å². The maximum atomic E-state index is 14.1. The van der Waals surface area contributed by atoms with E-state index in [1.165, 1.54) is 17.2 Å². The van der Waals surface area contributed by atoms with Gasteiger partial charge in [0, 0.05) is 24.2 Å². The van der Waals surface area contributed by atoms with E-state index in [0.717, 1.165) is 42.6 Å². The fourth-order valence-electron chi connectivity index (χ4n) is 4.13. The molecule has 0 amide bonds. The van der Waals surface area contributed by atoms with Crippen LogP contribution in [0.25, 0.3) is 0 Å². The molecule has 4 rings (SSSR count). The summed E-state index contributed by atoms with van der Waals surface area (Å²) >= 11 is 0. The highest BCUT2D eigenvalue weighted by Crippen LogP contribution is 2.36. The molecule has 0 bridgehead atoms. The Kier molecular flexibility index (Phi) is 6.00. The molecule has 1 heterocycles. The zero-order valence-corrected chi connectivity index (χ0v) is 17.4. The summed E-state index contributed by atoms with van der Waals surface area (Å²) in [6.07, 6.45) is 6.09. The lowest BCUT2D eigenvalue weighted by Crippen LogP contribution is -2.19. The number of ether oxygens (including phenoxy) is 1. The van der Waals surface area contributed by atoms with Gasteiger partial charge in [-0.3, -0.25) is 4.98 Å². The van der Waals surface area contributed by atoms with Crippen molar-refractivity contribution < 1.29 is 14.2 Å². The largest absolute Gasteiger partial charge is 0.454 e. The van der Waals surface area contributed by atoms with Crippen LogP contribution in [0.2, 0.25) is 0 Å². The number of aliphatic hydroxyl groups is 1. The first kappa shape index (κ1) is 20.4. The topological polar surface area (TPSA) is 54.4 Å². The van der Waals surface area contributed by atoms with Crippen LogP contribution < -0.4 is 10.1 Å². The molecule has 156 valence electrons. The van der Waals surface area contributed by atoms with Crippen LogP contribution in [0, 0.1) is 12.7 Å². The van der Waals surface area contributed by atoms with Crippen LogP contribution in [0.3, 0.4) is 0 Å². The van der Waals surface area contributed by atoms with Crippen LogP contribution in [0.4, 0.5) is 10.1 Å². The molecule has 0 saturated heterocycles. The Hall–Kier alpha value is -2.92. The maximum absolute atomic E-state index is 14.1. The second-order valence-corrected chi connectivity index (χ2v) is 8.01. The maximum Gasteiger partial charge on any atom is 0.165 e. The summed E-state index contributed by atoms with van der Waals surface area (Å²) < 4.78 is 19.9. The molecule has 0 spiro atoms. The summed E-state index contributed by atoms with van der Waals surface area (Å²) in [5, 5.41) is 13.4. The van der Waals surface area contributed by atoms with Crippen molar-refractivity contribution in [3.63, 3.8) is 0 Å². The van der Waals surface area contributed by atoms with Crippen LogP contribution in [-0.2, 0) is 6.42 Å². The Morgan fingerprint density at radius 1 is 1.23 bits per heavy atom. The van der Waals surface area contributed by atoms with E-state index in [9.17, 15) is 9.50 Å². The van der Waals surface area contributed by atoms with Gasteiger partial charge in [-0.2, -0.15) is 0 Å². The lowest BCUT2D eigenvalue weighted by Gasteiger charge is -2.27. The van der Waals surface area contributed by atoms with E-state index in [0.29, 0.717) is 11.7 Å². The van der Waals surface area contributed by atoms with Gasteiger partial charge in [0.1, 0.15) is 5.75 Å². The molecular weight excluding hydrogens is 379 g/mol. The quantitative estimate of drug-likeness (QED) is 0.535. The highest BCUT2D eigenvalue weighted by Gasteiger charge is 2.21. The molecule has 0 radical (unpaired) electrons. The average molecular weight is 407 g/mol. The Balaban J connectivity index is 1.49. The van der Waals surface area contributed by atoms with Gasteiger partial charge in [-0.25, -0.2) is 4.39 Å². The van der Waals surface area contributed by atoms with Gasteiger partial charge in [0.15, 0.2) is 11.6 Å². The molecule has 1 aliphatic carbocycles. The number of aromatic nitrogens is 1. The summed E-state index contributed by atoms with van der Waals surface area (Å²) in [6.45, 7) is 4.38. The fourth-order valence-corrected chi connectivity index (χ4v) is 4.13. The molecule has 1 aromatic heterocycles. The standard InChI is InChI=1S/C25H27FN2O2/c1-16-6-9-25(23(26)12-16)30-20-7-8-22-18(13-20)4-3-5-19(22)14-28-24-15-27-11-10-21(24)17(2)29/h6-13,15,17,19,28-29H,3-5,14H2,1-2H3. The number of halogens is 1. The lowest BCUT2D eigenvalue weighted by atomic mass is 9.82. The van der Waals surface area contributed by atoms with Crippen molar-refractivity contribution in [3.05, 3.63) is 82.9 Å². The Morgan fingerprint density at radius 3 is 2.90 bits per heavy atom. The van der Waals surface area contributed by atoms with Crippen LogP contribution >= 0.6 is 0 Å². The summed E-state index contributed by atoms with van der Waals surface area (Å²) in [4.78, 5) is 4.18. The number of pyridine rings is 1. The van der Waals surface area contributed by atoms with Gasteiger partial charge in [0.05, 0.1) is 18.0 Å². The molecule has 3 aromatic rings. The van der Waals surface area contributed by atoms with Gasteiger partial charge in [0.2, 0.25) is 0 Å². The smallest absolute Gasteiger partial charge is 0.165 e. The molecule has 2 atom stereocenters. The third kappa shape index (κ3) is 4.46. The molecule has 0 fully saturated rings. The predicted molar refractivity (Wildman–Crippen MR) is 117 cm³/mol. The van der Waals surface area contributed by atoms with E-state index in [4.69, 9.17) is 4.74 Å². The van der Waals surface area contributed by atoms with Crippen LogP contribution in [-0.4, -0.2) is 16.6 Å². The third-order valence-corrected chi connectivity index (χ3v) is 5.71. The van der Waals surface area contributed by atoms with E-state index < -0.39 is 6.10 Å². The number of anilines is 1. The van der Waals surface area contributed by atoms with E-state index in [-0.39, 0.29) is 11.6 Å². The monoisotopic (exact) mass is 406 g/mol. The van der Waals surface area contributed by atoms with Crippen LogP contribution in [0.5, 0.6) is 11.5 Å². The molecule has 2 aromatic carbocycles. The molecule has 1 aliphatic rings. The SMILES string of the molecule is Cc1ccc(Oc2ccc3c(c2)CCCC3CNc2cnccc2C(C)O)c(F)c1. The molecule has 2 N–H and O–H groups in total. The second kappa shape index (κ2) is 8.84. The minimum Gasteiger partial charge on any atom is -0.454 e. The van der Waals surface area contributed by atoms with Crippen molar-refractivity contribution in [1.82, 2.24) is 4.98 Å². The van der Waals surface area contributed by atoms with Gasteiger partial charge < -0.3 is 15.2 Å².